The van der Waals surface area contributed by atoms with Crippen LogP contribution in [0, 0.1) is 16.6 Å². The van der Waals surface area contributed by atoms with Gasteiger partial charge in [-0.05, 0) is 72.6 Å². The lowest BCUT2D eigenvalue weighted by atomic mass is 9.65. The average molecular weight is 478 g/mol. The van der Waals surface area contributed by atoms with E-state index in [4.69, 9.17) is 14.6 Å². The van der Waals surface area contributed by atoms with Crippen molar-refractivity contribution < 1.29 is 18.7 Å². The third-order valence-corrected chi connectivity index (χ3v) is 7.36. The van der Waals surface area contributed by atoms with Crippen LogP contribution in [0.5, 0.6) is 11.5 Å². The Labute approximate surface area is 205 Å². The summed E-state index contributed by atoms with van der Waals surface area (Å²) in [4.78, 5) is 16.1. The third-order valence-electron chi connectivity index (χ3n) is 7.36. The number of methoxy groups -OCH3 is 2. The Morgan fingerprint density at radius 1 is 1.03 bits per heavy atom. The molecule has 2 bridgehead atoms. The maximum absolute atomic E-state index is 14.0. The predicted octanol–water partition coefficient (Wildman–Crippen LogP) is 5.74. The fraction of sp³-hybridized carbons (Fsp3) is 0.429. The molecule has 2 heterocycles. The summed E-state index contributed by atoms with van der Waals surface area (Å²) < 4.78 is 26.2. The molecule has 1 aliphatic carbocycles. The van der Waals surface area contributed by atoms with E-state index in [-0.39, 0.29) is 28.6 Å². The molecule has 2 unspecified atom stereocenters. The summed E-state index contributed by atoms with van der Waals surface area (Å²) in [6.45, 7) is 7.61. The van der Waals surface area contributed by atoms with E-state index >= 15 is 0 Å². The molecule has 0 N–H and O–H groups in total. The number of halogens is 1. The van der Waals surface area contributed by atoms with Crippen LogP contribution in [-0.4, -0.2) is 47.4 Å². The predicted molar refractivity (Wildman–Crippen MR) is 133 cm³/mol. The smallest absolute Gasteiger partial charge is 0.272 e. The maximum atomic E-state index is 14.0. The first-order chi connectivity index (χ1) is 16.6. The Morgan fingerprint density at radius 3 is 2.46 bits per heavy atom. The molecule has 2 atom stereocenters. The van der Waals surface area contributed by atoms with Gasteiger partial charge in [0.15, 0.2) is 0 Å². The summed E-state index contributed by atoms with van der Waals surface area (Å²) in [5, 5.41) is 4.79. The van der Waals surface area contributed by atoms with E-state index < -0.39 is 0 Å². The number of fused-ring (bicyclic) bond motifs is 2. The van der Waals surface area contributed by atoms with E-state index in [0.29, 0.717) is 28.6 Å². The van der Waals surface area contributed by atoms with Crippen molar-refractivity contribution >= 4 is 5.91 Å². The highest BCUT2D eigenvalue weighted by Gasteiger charge is 2.51. The molecule has 35 heavy (non-hydrogen) atoms. The van der Waals surface area contributed by atoms with Crippen LogP contribution in [0.15, 0.2) is 48.5 Å². The van der Waals surface area contributed by atoms with E-state index in [2.05, 4.69) is 20.8 Å². The molecule has 0 radical (unpaired) electrons. The minimum Gasteiger partial charge on any atom is -0.497 e. The van der Waals surface area contributed by atoms with Gasteiger partial charge >= 0.3 is 0 Å². The summed E-state index contributed by atoms with van der Waals surface area (Å²) in [6.07, 6.45) is 3.11. The lowest BCUT2D eigenvalue weighted by Crippen LogP contribution is -2.38. The fourth-order valence-corrected chi connectivity index (χ4v) is 6.30. The van der Waals surface area contributed by atoms with Gasteiger partial charge in [0.25, 0.3) is 5.91 Å². The molecule has 1 aromatic heterocycles. The van der Waals surface area contributed by atoms with Crippen molar-refractivity contribution in [2.75, 3.05) is 20.8 Å². The number of amides is 1. The van der Waals surface area contributed by atoms with Gasteiger partial charge in [-0.1, -0.05) is 20.8 Å². The topological polar surface area (TPSA) is 56.6 Å². The maximum Gasteiger partial charge on any atom is 0.272 e. The number of carbonyl (C=O) groups is 1. The molecular weight excluding hydrogens is 445 g/mol. The molecule has 2 aromatic carbocycles. The normalized spacial score (nSPS) is 22.8. The van der Waals surface area contributed by atoms with Gasteiger partial charge in [0.1, 0.15) is 23.0 Å². The monoisotopic (exact) mass is 477 g/mol. The van der Waals surface area contributed by atoms with E-state index in [9.17, 15) is 9.18 Å². The molecule has 2 aliphatic rings. The van der Waals surface area contributed by atoms with Crippen molar-refractivity contribution in [3.8, 4) is 28.4 Å². The second-order valence-electron chi connectivity index (χ2n) is 11.0. The molecule has 6 nitrogen and oxygen atoms in total. The van der Waals surface area contributed by atoms with Crippen molar-refractivity contribution in [1.29, 1.82) is 0 Å². The SMILES string of the molecule is COc1ccc(-c2cc(C(=O)N3CC4(C)CC3CC(C)(C)C4)n(-c3ccc(F)cc3)n2)c(OC)c1. The third kappa shape index (κ3) is 4.28. The van der Waals surface area contributed by atoms with Gasteiger partial charge in [-0.3, -0.25) is 4.79 Å². The number of nitrogens with zero attached hydrogens (tertiary/aromatic N) is 3. The quantitative estimate of drug-likeness (QED) is 0.471. The van der Waals surface area contributed by atoms with E-state index in [1.807, 2.05) is 23.1 Å². The van der Waals surface area contributed by atoms with E-state index in [0.717, 1.165) is 31.4 Å². The Bertz CT molecular complexity index is 1270. The van der Waals surface area contributed by atoms with Crippen LogP contribution in [-0.2, 0) is 0 Å². The summed E-state index contributed by atoms with van der Waals surface area (Å²) >= 11 is 0. The van der Waals surface area contributed by atoms with Crippen molar-refractivity contribution in [1.82, 2.24) is 14.7 Å². The van der Waals surface area contributed by atoms with Gasteiger partial charge in [-0.25, -0.2) is 9.07 Å². The molecule has 1 aliphatic heterocycles. The minimum absolute atomic E-state index is 0.0491. The van der Waals surface area contributed by atoms with Gasteiger partial charge in [-0.2, -0.15) is 5.10 Å². The van der Waals surface area contributed by atoms with Crippen LogP contribution < -0.4 is 9.47 Å². The number of benzene rings is 2. The van der Waals surface area contributed by atoms with Crippen molar-refractivity contribution in [3.05, 3.63) is 60.0 Å². The van der Waals surface area contributed by atoms with Gasteiger partial charge < -0.3 is 14.4 Å². The molecule has 3 aromatic rings. The number of rotatable bonds is 5. The van der Waals surface area contributed by atoms with E-state index in [1.54, 1.807) is 37.1 Å². The average Bonchev–Trinajstić information content (AvgIpc) is 3.36. The van der Waals surface area contributed by atoms with E-state index in [1.165, 1.54) is 12.1 Å². The van der Waals surface area contributed by atoms with Crippen LogP contribution in [0.4, 0.5) is 4.39 Å². The number of carbonyl (C=O) groups excluding carboxylic acids is 1. The van der Waals surface area contributed by atoms with Crippen molar-refractivity contribution in [3.63, 3.8) is 0 Å². The summed E-state index contributed by atoms with van der Waals surface area (Å²) in [5.74, 6) is 0.875. The van der Waals surface area contributed by atoms with Crippen LogP contribution in [0.1, 0.15) is 50.5 Å². The Balaban J connectivity index is 1.60. The van der Waals surface area contributed by atoms with Gasteiger partial charge in [0.2, 0.25) is 0 Å². The molecule has 1 saturated carbocycles. The zero-order chi connectivity index (χ0) is 25.0. The standard InChI is InChI=1S/C28H32FN3O3/c1-27(2)14-20-15-28(3,16-27)17-31(20)26(33)24-13-23(22-11-10-21(34-4)12-25(22)35-5)30-32(24)19-8-6-18(29)7-9-19/h6-13,20H,14-17H2,1-5H3. The molecule has 5 rings (SSSR count). The zero-order valence-electron chi connectivity index (χ0n) is 21.0. The molecule has 2 fully saturated rings. The van der Waals surface area contributed by atoms with Crippen molar-refractivity contribution in [2.45, 2.75) is 46.1 Å². The number of hydrogen-bond donors (Lipinski definition) is 0. The Morgan fingerprint density at radius 2 is 1.77 bits per heavy atom. The number of likely N-dealkylation sites (tertiary alicyclic amines) is 1. The van der Waals surface area contributed by atoms with Crippen LogP contribution >= 0.6 is 0 Å². The second-order valence-corrected chi connectivity index (χ2v) is 11.0. The highest BCUT2D eigenvalue weighted by atomic mass is 19.1. The minimum atomic E-state index is -0.339. The highest BCUT2D eigenvalue weighted by Crippen LogP contribution is 2.52. The van der Waals surface area contributed by atoms with Crippen LogP contribution in [0.25, 0.3) is 16.9 Å². The van der Waals surface area contributed by atoms with Gasteiger partial charge in [-0.15, -0.1) is 0 Å². The molecule has 184 valence electrons. The second kappa shape index (κ2) is 8.40. The first kappa shape index (κ1) is 23.4. The summed E-state index contributed by atoms with van der Waals surface area (Å²) in [6, 6.07) is 13.6. The number of hydrogen-bond acceptors (Lipinski definition) is 4. The molecule has 1 amide bonds. The first-order valence-corrected chi connectivity index (χ1v) is 12.0. The lowest BCUT2D eigenvalue weighted by Gasteiger charge is -2.39. The lowest BCUT2D eigenvalue weighted by molar-refractivity contribution is 0.0699. The summed E-state index contributed by atoms with van der Waals surface area (Å²) in [7, 11) is 3.19. The number of ether oxygens (including phenoxy) is 2. The zero-order valence-corrected chi connectivity index (χ0v) is 21.0. The highest BCUT2D eigenvalue weighted by molar-refractivity contribution is 5.95. The Hall–Kier alpha value is -3.35. The largest absolute Gasteiger partial charge is 0.497 e. The summed E-state index contributed by atoms with van der Waals surface area (Å²) in [5.41, 5.74) is 2.75. The van der Waals surface area contributed by atoms with Crippen LogP contribution in [0.3, 0.4) is 0 Å². The molecular formula is C28H32FN3O3. The molecule has 0 spiro atoms. The van der Waals surface area contributed by atoms with Crippen molar-refractivity contribution in [2.24, 2.45) is 10.8 Å². The molecule has 1 saturated heterocycles. The number of aromatic nitrogens is 2. The van der Waals surface area contributed by atoms with Crippen LogP contribution in [0.2, 0.25) is 0 Å². The molecule has 7 heteroatoms. The fourth-order valence-electron chi connectivity index (χ4n) is 6.30. The van der Waals surface area contributed by atoms with Gasteiger partial charge in [0.05, 0.1) is 25.6 Å². The Kier molecular flexibility index (Phi) is 5.61. The van der Waals surface area contributed by atoms with Gasteiger partial charge in [0, 0.05) is 24.2 Å². The first-order valence-electron chi connectivity index (χ1n) is 12.0.